The lowest BCUT2D eigenvalue weighted by Gasteiger charge is -2.29. The molecule has 1 aromatic heterocycles. The molecule has 1 fully saturated rings. The molecular formula is C13H19N3O3. The van der Waals surface area contributed by atoms with E-state index in [4.69, 9.17) is 9.47 Å². The van der Waals surface area contributed by atoms with Gasteiger partial charge in [0.1, 0.15) is 11.4 Å². The highest BCUT2D eigenvalue weighted by Gasteiger charge is 2.34. The number of nitrogens with zero attached hydrogens (tertiary/aromatic N) is 2. The smallest absolute Gasteiger partial charge is 0.343 e. The summed E-state index contributed by atoms with van der Waals surface area (Å²) in [7, 11) is 1.40. The third-order valence-corrected chi connectivity index (χ3v) is 4.03. The van der Waals surface area contributed by atoms with Crippen molar-refractivity contribution in [2.45, 2.75) is 25.8 Å². The quantitative estimate of drug-likeness (QED) is 0.818. The third kappa shape index (κ3) is 2.00. The van der Waals surface area contributed by atoms with E-state index in [1.807, 2.05) is 11.6 Å². The number of esters is 1. The van der Waals surface area contributed by atoms with Crippen molar-refractivity contribution in [3.8, 4) is 0 Å². The summed E-state index contributed by atoms with van der Waals surface area (Å²) in [6.45, 7) is 4.32. The molecule has 6 heteroatoms. The van der Waals surface area contributed by atoms with Gasteiger partial charge in [-0.25, -0.2) is 9.48 Å². The van der Waals surface area contributed by atoms with Crippen LogP contribution in [0.4, 0.5) is 5.82 Å². The Labute approximate surface area is 112 Å². The number of fused-ring (bicyclic) bond motifs is 1. The Balaban J connectivity index is 1.99. The zero-order valence-corrected chi connectivity index (χ0v) is 11.3. The Morgan fingerprint density at radius 2 is 2.37 bits per heavy atom. The van der Waals surface area contributed by atoms with Crippen LogP contribution in [0.5, 0.6) is 0 Å². The molecule has 104 valence electrons. The van der Waals surface area contributed by atoms with Crippen molar-refractivity contribution in [3.63, 3.8) is 0 Å². The van der Waals surface area contributed by atoms with Gasteiger partial charge in [0.25, 0.3) is 0 Å². The highest BCUT2D eigenvalue weighted by Crippen LogP contribution is 2.36. The van der Waals surface area contributed by atoms with Crippen molar-refractivity contribution >= 4 is 11.8 Å². The van der Waals surface area contributed by atoms with Gasteiger partial charge in [-0.3, -0.25) is 0 Å². The Kier molecular flexibility index (Phi) is 3.18. The topological polar surface area (TPSA) is 65.4 Å². The zero-order valence-electron chi connectivity index (χ0n) is 11.3. The molecule has 0 bridgehead atoms. The van der Waals surface area contributed by atoms with Crippen LogP contribution in [0.3, 0.4) is 0 Å². The summed E-state index contributed by atoms with van der Waals surface area (Å²) >= 11 is 0. The van der Waals surface area contributed by atoms with Gasteiger partial charge in [-0.1, -0.05) is 0 Å². The van der Waals surface area contributed by atoms with Crippen LogP contribution in [0.25, 0.3) is 0 Å². The lowest BCUT2D eigenvalue weighted by atomic mass is 9.95. The molecule has 2 aliphatic rings. The van der Waals surface area contributed by atoms with Crippen LogP contribution < -0.4 is 5.32 Å². The van der Waals surface area contributed by atoms with Crippen molar-refractivity contribution in [1.29, 1.82) is 0 Å². The number of carbonyl (C=O) groups excluding carboxylic acids is 1. The van der Waals surface area contributed by atoms with Gasteiger partial charge in [0.05, 0.1) is 25.5 Å². The van der Waals surface area contributed by atoms with E-state index in [1.165, 1.54) is 7.11 Å². The maximum absolute atomic E-state index is 11.9. The number of aromatic nitrogens is 2. The number of hydrogen-bond acceptors (Lipinski definition) is 5. The highest BCUT2D eigenvalue weighted by atomic mass is 16.5. The molecule has 2 unspecified atom stereocenters. The standard InChI is InChI=1S/C13H19N3O3/c1-8-11(13(17)18-2)12-14-5-3-10(16(12)15-8)9-4-6-19-7-9/h9-10,14H,3-7H2,1-2H3. The van der Waals surface area contributed by atoms with E-state index in [2.05, 4.69) is 10.4 Å². The number of anilines is 1. The molecule has 1 N–H and O–H groups in total. The summed E-state index contributed by atoms with van der Waals surface area (Å²) in [6, 6.07) is 0.316. The van der Waals surface area contributed by atoms with E-state index in [0.29, 0.717) is 17.5 Å². The minimum absolute atomic E-state index is 0.316. The largest absolute Gasteiger partial charge is 0.465 e. The first-order valence-corrected chi connectivity index (χ1v) is 6.71. The van der Waals surface area contributed by atoms with E-state index >= 15 is 0 Å². The zero-order chi connectivity index (χ0) is 13.4. The van der Waals surface area contributed by atoms with Crippen molar-refractivity contribution < 1.29 is 14.3 Å². The summed E-state index contributed by atoms with van der Waals surface area (Å²) in [4.78, 5) is 11.9. The van der Waals surface area contributed by atoms with Crippen LogP contribution in [0, 0.1) is 12.8 Å². The van der Waals surface area contributed by atoms with Crippen molar-refractivity contribution in [2.24, 2.45) is 5.92 Å². The minimum Gasteiger partial charge on any atom is -0.465 e. The average molecular weight is 265 g/mol. The first-order valence-electron chi connectivity index (χ1n) is 6.71. The maximum Gasteiger partial charge on any atom is 0.343 e. The van der Waals surface area contributed by atoms with Crippen LogP contribution >= 0.6 is 0 Å². The number of aryl methyl sites for hydroxylation is 1. The molecule has 6 nitrogen and oxygen atoms in total. The second-order valence-electron chi connectivity index (χ2n) is 5.15. The van der Waals surface area contributed by atoms with E-state index in [0.717, 1.165) is 44.1 Å². The molecule has 1 saturated heterocycles. The van der Waals surface area contributed by atoms with Gasteiger partial charge in [0.2, 0.25) is 0 Å². The molecular weight excluding hydrogens is 246 g/mol. The molecule has 0 amide bonds. The first-order chi connectivity index (χ1) is 9.22. The molecule has 3 heterocycles. The molecule has 0 aromatic carbocycles. The van der Waals surface area contributed by atoms with Gasteiger partial charge in [-0.2, -0.15) is 5.10 Å². The summed E-state index contributed by atoms with van der Waals surface area (Å²) < 4.78 is 12.3. The maximum atomic E-state index is 11.9. The van der Waals surface area contributed by atoms with Gasteiger partial charge in [-0.05, 0) is 19.8 Å². The molecule has 0 saturated carbocycles. The van der Waals surface area contributed by atoms with Crippen LogP contribution in [0.15, 0.2) is 0 Å². The van der Waals surface area contributed by atoms with Crippen molar-refractivity contribution in [3.05, 3.63) is 11.3 Å². The Hall–Kier alpha value is -1.56. The summed E-state index contributed by atoms with van der Waals surface area (Å²) in [5, 5.41) is 7.82. The number of methoxy groups -OCH3 is 1. The van der Waals surface area contributed by atoms with Crippen LogP contribution in [-0.4, -0.2) is 42.6 Å². The first kappa shape index (κ1) is 12.5. The van der Waals surface area contributed by atoms with Crippen LogP contribution in [-0.2, 0) is 9.47 Å². The van der Waals surface area contributed by atoms with Crippen molar-refractivity contribution in [1.82, 2.24) is 9.78 Å². The summed E-state index contributed by atoms with van der Waals surface area (Å²) in [5.74, 6) is 0.965. The fourth-order valence-electron chi connectivity index (χ4n) is 3.06. The molecule has 0 radical (unpaired) electrons. The second-order valence-corrected chi connectivity index (χ2v) is 5.15. The van der Waals surface area contributed by atoms with Gasteiger partial charge >= 0.3 is 5.97 Å². The van der Waals surface area contributed by atoms with E-state index < -0.39 is 0 Å². The molecule has 2 atom stereocenters. The average Bonchev–Trinajstić information content (AvgIpc) is 3.03. The number of ether oxygens (including phenoxy) is 2. The van der Waals surface area contributed by atoms with Crippen molar-refractivity contribution in [2.75, 3.05) is 32.2 Å². The number of hydrogen-bond donors (Lipinski definition) is 1. The highest BCUT2D eigenvalue weighted by molar-refractivity contribution is 5.96. The molecule has 1 aromatic rings. The lowest BCUT2D eigenvalue weighted by Crippen LogP contribution is -2.30. The van der Waals surface area contributed by atoms with Gasteiger partial charge in [0.15, 0.2) is 0 Å². The second kappa shape index (κ2) is 4.85. The molecule has 0 spiro atoms. The number of carbonyl (C=O) groups is 1. The lowest BCUT2D eigenvalue weighted by molar-refractivity contribution is 0.0600. The number of nitrogens with one attached hydrogen (secondary N) is 1. The van der Waals surface area contributed by atoms with Crippen LogP contribution in [0.1, 0.15) is 34.9 Å². The van der Waals surface area contributed by atoms with E-state index in [9.17, 15) is 4.79 Å². The van der Waals surface area contributed by atoms with E-state index in [1.54, 1.807) is 0 Å². The summed E-state index contributed by atoms with van der Waals surface area (Å²) in [5.41, 5.74) is 1.28. The molecule has 19 heavy (non-hydrogen) atoms. The van der Waals surface area contributed by atoms with Gasteiger partial charge < -0.3 is 14.8 Å². The Morgan fingerprint density at radius 1 is 1.53 bits per heavy atom. The van der Waals surface area contributed by atoms with Crippen LogP contribution in [0.2, 0.25) is 0 Å². The molecule has 0 aliphatic carbocycles. The SMILES string of the molecule is COC(=O)c1c(C)nn2c1NCCC2C1CCOC1. The fraction of sp³-hybridized carbons (Fsp3) is 0.692. The van der Waals surface area contributed by atoms with Gasteiger partial charge in [-0.15, -0.1) is 0 Å². The predicted octanol–water partition coefficient (Wildman–Crippen LogP) is 1.37. The predicted molar refractivity (Wildman–Crippen MR) is 69.4 cm³/mol. The summed E-state index contributed by atoms with van der Waals surface area (Å²) in [6.07, 6.45) is 2.08. The minimum atomic E-state index is -0.324. The number of rotatable bonds is 2. The van der Waals surface area contributed by atoms with E-state index in [-0.39, 0.29) is 5.97 Å². The third-order valence-electron chi connectivity index (χ3n) is 4.03. The Morgan fingerprint density at radius 3 is 3.05 bits per heavy atom. The monoisotopic (exact) mass is 265 g/mol. The molecule has 2 aliphatic heterocycles. The van der Waals surface area contributed by atoms with Gasteiger partial charge in [0, 0.05) is 19.1 Å². The molecule has 3 rings (SSSR count). The normalized spacial score (nSPS) is 25.8. The Bertz CT molecular complexity index is 492. The fourth-order valence-corrected chi connectivity index (χ4v) is 3.06.